The Labute approximate surface area is 130 Å². The van der Waals surface area contributed by atoms with Crippen LogP contribution >= 0.6 is 24.2 Å². The normalized spacial score (nSPS) is 27.8. The average Bonchev–Trinajstić information content (AvgIpc) is 2.78. The topological polar surface area (TPSA) is 41.1 Å². The number of fused-ring (bicyclic) bond motifs is 2. The second-order valence-corrected chi connectivity index (χ2v) is 6.33. The SMILES string of the molecule is CSc1ccccc1C(=O)NC1CC2CCC(C1)N2.Cl. The molecule has 2 unspecified atom stereocenters. The quantitative estimate of drug-likeness (QED) is 0.843. The number of thioether (sulfide) groups is 1. The van der Waals surface area contributed by atoms with Crippen LogP contribution < -0.4 is 10.6 Å². The molecule has 0 radical (unpaired) electrons. The van der Waals surface area contributed by atoms with E-state index in [1.807, 2.05) is 30.5 Å². The zero-order chi connectivity index (χ0) is 13.2. The molecule has 0 saturated carbocycles. The molecule has 0 aliphatic carbocycles. The summed E-state index contributed by atoms with van der Waals surface area (Å²) in [4.78, 5) is 13.4. The van der Waals surface area contributed by atoms with Crippen molar-refractivity contribution in [2.24, 2.45) is 0 Å². The molecule has 1 aromatic rings. The Bertz CT molecular complexity index is 471. The number of rotatable bonds is 3. The predicted molar refractivity (Wildman–Crippen MR) is 85.9 cm³/mol. The largest absolute Gasteiger partial charge is 0.349 e. The van der Waals surface area contributed by atoms with Crippen molar-refractivity contribution in [2.45, 2.75) is 48.7 Å². The second-order valence-electron chi connectivity index (χ2n) is 5.48. The third-order valence-electron chi connectivity index (χ3n) is 4.16. The van der Waals surface area contributed by atoms with Crippen LogP contribution in [-0.2, 0) is 0 Å². The molecule has 1 aromatic carbocycles. The van der Waals surface area contributed by atoms with Gasteiger partial charge in [0, 0.05) is 23.0 Å². The van der Waals surface area contributed by atoms with E-state index in [0.29, 0.717) is 18.1 Å². The monoisotopic (exact) mass is 312 g/mol. The molecule has 2 atom stereocenters. The van der Waals surface area contributed by atoms with Crippen molar-refractivity contribution in [3.63, 3.8) is 0 Å². The van der Waals surface area contributed by atoms with Crippen molar-refractivity contribution in [3.05, 3.63) is 29.8 Å². The highest BCUT2D eigenvalue weighted by molar-refractivity contribution is 7.98. The molecule has 2 aliphatic heterocycles. The molecular formula is C15H21ClN2OS. The lowest BCUT2D eigenvalue weighted by molar-refractivity contribution is 0.0921. The molecule has 110 valence electrons. The minimum absolute atomic E-state index is 0. The fourth-order valence-electron chi connectivity index (χ4n) is 3.27. The molecule has 0 aromatic heterocycles. The Hall–Kier alpha value is -0.710. The highest BCUT2D eigenvalue weighted by Gasteiger charge is 2.34. The van der Waals surface area contributed by atoms with Gasteiger partial charge in [-0.15, -0.1) is 24.2 Å². The van der Waals surface area contributed by atoms with E-state index in [2.05, 4.69) is 10.6 Å². The van der Waals surface area contributed by atoms with Crippen molar-refractivity contribution in [1.29, 1.82) is 0 Å². The van der Waals surface area contributed by atoms with Crippen molar-refractivity contribution >= 4 is 30.1 Å². The van der Waals surface area contributed by atoms with Crippen LogP contribution in [0.25, 0.3) is 0 Å². The van der Waals surface area contributed by atoms with E-state index < -0.39 is 0 Å². The minimum Gasteiger partial charge on any atom is -0.349 e. The fourth-order valence-corrected chi connectivity index (χ4v) is 3.87. The lowest BCUT2D eigenvalue weighted by Gasteiger charge is -2.29. The van der Waals surface area contributed by atoms with Crippen LogP contribution in [0.2, 0.25) is 0 Å². The van der Waals surface area contributed by atoms with E-state index in [4.69, 9.17) is 0 Å². The summed E-state index contributed by atoms with van der Waals surface area (Å²) in [5, 5.41) is 6.82. The number of hydrogen-bond acceptors (Lipinski definition) is 3. The first-order chi connectivity index (χ1) is 9.26. The molecular weight excluding hydrogens is 292 g/mol. The summed E-state index contributed by atoms with van der Waals surface area (Å²) >= 11 is 1.63. The van der Waals surface area contributed by atoms with E-state index in [-0.39, 0.29) is 18.3 Å². The zero-order valence-corrected chi connectivity index (χ0v) is 13.2. The predicted octanol–water partition coefficient (Wildman–Crippen LogP) is 2.84. The summed E-state index contributed by atoms with van der Waals surface area (Å²) in [7, 11) is 0. The van der Waals surface area contributed by atoms with Gasteiger partial charge in [0.05, 0.1) is 5.56 Å². The van der Waals surface area contributed by atoms with Gasteiger partial charge in [-0.1, -0.05) is 12.1 Å². The molecule has 2 aliphatic rings. The summed E-state index contributed by atoms with van der Waals surface area (Å²) < 4.78 is 0. The van der Waals surface area contributed by atoms with Crippen molar-refractivity contribution in [1.82, 2.24) is 10.6 Å². The van der Waals surface area contributed by atoms with Crippen LogP contribution in [0.1, 0.15) is 36.0 Å². The van der Waals surface area contributed by atoms with Gasteiger partial charge in [-0.2, -0.15) is 0 Å². The molecule has 2 heterocycles. The van der Waals surface area contributed by atoms with Crippen molar-refractivity contribution in [3.8, 4) is 0 Å². The van der Waals surface area contributed by atoms with Crippen molar-refractivity contribution < 1.29 is 4.79 Å². The molecule has 1 amide bonds. The number of carbonyl (C=O) groups excluding carboxylic acids is 1. The molecule has 2 fully saturated rings. The van der Waals surface area contributed by atoms with E-state index in [9.17, 15) is 4.79 Å². The van der Waals surface area contributed by atoms with Crippen LogP contribution in [-0.4, -0.2) is 30.3 Å². The lowest BCUT2D eigenvalue weighted by atomic mass is 9.99. The molecule has 5 heteroatoms. The first-order valence-corrected chi connectivity index (χ1v) is 8.18. The maximum absolute atomic E-state index is 12.4. The lowest BCUT2D eigenvalue weighted by Crippen LogP contribution is -2.48. The van der Waals surface area contributed by atoms with E-state index >= 15 is 0 Å². The zero-order valence-electron chi connectivity index (χ0n) is 11.6. The summed E-state index contributed by atoms with van der Waals surface area (Å²) in [6.07, 6.45) is 6.68. The maximum atomic E-state index is 12.4. The molecule has 20 heavy (non-hydrogen) atoms. The van der Waals surface area contributed by atoms with Gasteiger partial charge in [-0.05, 0) is 44.1 Å². The second kappa shape index (κ2) is 6.83. The highest BCUT2D eigenvalue weighted by atomic mass is 35.5. The van der Waals surface area contributed by atoms with Gasteiger partial charge < -0.3 is 10.6 Å². The summed E-state index contributed by atoms with van der Waals surface area (Å²) in [6.45, 7) is 0. The number of amides is 1. The first-order valence-electron chi connectivity index (χ1n) is 6.96. The Balaban J connectivity index is 0.00000147. The smallest absolute Gasteiger partial charge is 0.252 e. The van der Waals surface area contributed by atoms with Gasteiger partial charge >= 0.3 is 0 Å². The Morgan fingerprint density at radius 2 is 1.90 bits per heavy atom. The third kappa shape index (κ3) is 3.30. The van der Waals surface area contributed by atoms with E-state index in [1.54, 1.807) is 11.8 Å². The van der Waals surface area contributed by atoms with Gasteiger partial charge in [-0.25, -0.2) is 0 Å². The molecule has 2 N–H and O–H groups in total. The molecule has 0 spiro atoms. The minimum atomic E-state index is 0. The van der Waals surface area contributed by atoms with Crippen LogP contribution in [0, 0.1) is 0 Å². The summed E-state index contributed by atoms with van der Waals surface area (Å²) in [6, 6.07) is 9.39. The number of benzene rings is 1. The van der Waals surface area contributed by atoms with Crippen LogP contribution in [0.15, 0.2) is 29.2 Å². The Kier molecular flexibility index (Phi) is 5.35. The number of halogens is 1. The molecule has 2 bridgehead atoms. The number of nitrogens with one attached hydrogen (secondary N) is 2. The van der Waals surface area contributed by atoms with E-state index in [0.717, 1.165) is 23.3 Å². The van der Waals surface area contributed by atoms with Gasteiger partial charge in [0.15, 0.2) is 0 Å². The Morgan fingerprint density at radius 1 is 1.25 bits per heavy atom. The molecule has 3 rings (SSSR count). The number of piperidine rings is 1. The van der Waals surface area contributed by atoms with Gasteiger partial charge in [-0.3, -0.25) is 4.79 Å². The number of hydrogen-bond donors (Lipinski definition) is 2. The Morgan fingerprint density at radius 3 is 2.55 bits per heavy atom. The summed E-state index contributed by atoms with van der Waals surface area (Å²) in [5.74, 6) is 0.0799. The standard InChI is InChI=1S/C15H20N2OS.ClH/c1-19-14-5-3-2-4-13(14)15(18)17-12-8-10-6-7-11(9-12)16-10;/h2-5,10-12,16H,6-9H2,1H3,(H,17,18);1H. The van der Waals surface area contributed by atoms with Crippen molar-refractivity contribution in [2.75, 3.05) is 6.26 Å². The van der Waals surface area contributed by atoms with Crippen LogP contribution in [0.3, 0.4) is 0 Å². The van der Waals surface area contributed by atoms with Crippen LogP contribution in [0.5, 0.6) is 0 Å². The summed E-state index contributed by atoms with van der Waals surface area (Å²) in [5.41, 5.74) is 0.806. The molecule has 3 nitrogen and oxygen atoms in total. The maximum Gasteiger partial charge on any atom is 0.252 e. The van der Waals surface area contributed by atoms with Crippen LogP contribution in [0.4, 0.5) is 0 Å². The fraction of sp³-hybridized carbons (Fsp3) is 0.533. The average molecular weight is 313 g/mol. The number of carbonyl (C=O) groups is 1. The third-order valence-corrected chi connectivity index (χ3v) is 4.96. The first kappa shape index (κ1) is 15.7. The van der Waals surface area contributed by atoms with Gasteiger partial charge in [0.25, 0.3) is 5.91 Å². The van der Waals surface area contributed by atoms with Gasteiger partial charge in [0.2, 0.25) is 0 Å². The highest BCUT2D eigenvalue weighted by Crippen LogP contribution is 2.27. The van der Waals surface area contributed by atoms with E-state index in [1.165, 1.54) is 12.8 Å². The molecule has 2 saturated heterocycles. The van der Waals surface area contributed by atoms with Gasteiger partial charge in [0.1, 0.15) is 0 Å².